The number of hydrogen-bond donors (Lipinski definition) is 2. The van der Waals surface area contributed by atoms with Crippen LogP contribution in [-0.2, 0) is 28.2 Å². The van der Waals surface area contributed by atoms with Crippen LogP contribution in [0.25, 0.3) is 0 Å². The number of anilines is 3. The first-order valence-corrected chi connectivity index (χ1v) is 12.4. The van der Waals surface area contributed by atoms with Gasteiger partial charge in [-0.15, -0.1) is 0 Å². The zero-order valence-electron chi connectivity index (χ0n) is 20.3. The zero-order valence-corrected chi connectivity index (χ0v) is 20.3. The maximum Gasteiger partial charge on any atom is 0.264 e. The Bertz CT molecular complexity index is 1330. The molecule has 0 saturated carbocycles. The van der Waals surface area contributed by atoms with E-state index in [1.54, 1.807) is 28.0 Å². The Morgan fingerprint density at radius 1 is 0.972 bits per heavy atom. The van der Waals surface area contributed by atoms with E-state index < -0.39 is 11.5 Å². The first-order chi connectivity index (χ1) is 17.4. The molecule has 0 fully saturated rings. The predicted molar refractivity (Wildman–Crippen MR) is 140 cm³/mol. The summed E-state index contributed by atoms with van der Waals surface area (Å²) in [7, 11) is 0. The summed E-state index contributed by atoms with van der Waals surface area (Å²) in [5.74, 6) is -0.808. The second-order valence-corrected chi connectivity index (χ2v) is 9.43. The molecule has 6 nitrogen and oxygen atoms in total. The topological polar surface area (TPSA) is 81.1 Å². The Kier molecular flexibility index (Phi) is 6.48. The molecule has 6 heteroatoms. The minimum absolute atomic E-state index is 0.0125. The third kappa shape index (κ3) is 4.02. The van der Waals surface area contributed by atoms with Crippen molar-refractivity contribution >= 4 is 28.9 Å². The van der Waals surface area contributed by atoms with Gasteiger partial charge in [0, 0.05) is 30.2 Å². The van der Waals surface area contributed by atoms with Gasteiger partial charge in [-0.3, -0.25) is 14.5 Å². The molecule has 184 valence electrons. The van der Waals surface area contributed by atoms with E-state index in [9.17, 15) is 14.7 Å². The van der Waals surface area contributed by atoms with E-state index in [0.717, 1.165) is 28.9 Å². The number of benzene rings is 3. The number of hydrogen-bond acceptors (Lipinski definition) is 4. The second kappa shape index (κ2) is 9.72. The maximum atomic E-state index is 13.7. The largest absolute Gasteiger partial charge is 0.396 e. The van der Waals surface area contributed by atoms with E-state index in [0.29, 0.717) is 24.1 Å². The molecule has 0 aromatic heterocycles. The first kappa shape index (κ1) is 24.0. The summed E-state index contributed by atoms with van der Waals surface area (Å²) < 4.78 is 0. The first-order valence-electron chi connectivity index (χ1n) is 12.4. The number of rotatable bonds is 7. The van der Waals surface area contributed by atoms with E-state index in [1.165, 1.54) is 0 Å². The number of fused-ring (bicyclic) bond motifs is 2. The summed E-state index contributed by atoms with van der Waals surface area (Å²) in [6, 6.07) is 22.9. The molecule has 3 aromatic rings. The van der Waals surface area contributed by atoms with Crippen LogP contribution in [-0.4, -0.2) is 28.6 Å². The number of aryl methyl sites for hydroxylation is 1. The molecule has 2 amide bonds. The van der Waals surface area contributed by atoms with E-state index in [4.69, 9.17) is 5.11 Å². The van der Waals surface area contributed by atoms with Crippen molar-refractivity contribution in [2.75, 3.05) is 16.4 Å². The highest BCUT2D eigenvalue weighted by atomic mass is 16.3. The average Bonchev–Trinajstić information content (AvgIpc) is 3.11. The van der Waals surface area contributed by atoms with Crippen molar-refractivity contribution in [3.05, 3.63) is 102 Å². The molecule has 0 saturated heterocycles. The molecule has 2 N–H and O–H groups in total. The van der Waals surface area contributed by atoms with Crippen molar-refractivity contribution in [1.29, 1.82) is 0 Å². The van der Waals surface area contributed by atoms with E-state index >= 15 is 0 Å². The minimum atomic E-state index is -1.69. The molecule has 2 aliphatic heterocycles. The highest BCUT2D eigenvalue weighted by molar-refractivity contribution is 6.07. The van der Waals surface area contributed by atoms with Crippen LogP contribution in [0.1, 0.15) is 36.5 Å². The summed E-state index contributed by atoms with van der Waals surface area (Å²) in [6.07, 6.45) is 5.22. The van der Waals surface area contributed by atoms with Crippen molar-refractivity contribution in [1.82, 2.24) is 0 Å². The molecule has 0 unspecified atom stereocenters. The summed E-state index contributed by atoms with van der Waals surface area (Å²) in [6.45, 7) is 2.09. The van der Waals surface area contributed by atoms with Gasteiger partial charge in [0.2, 0.25) is 5.91 Å². The van der Waals surface area contributed by atoms with E-state index in [2.05, 4.69) is 6.07 Å². The van der Waals surface area contributed by atoms with Gasteiger partial charge in [-0.2, -0.15) is 0 Å². The van der Waals surface area contributed by atoms with Crippen molar-refractivity contribution in [3.8, 4) is 0 Å². The van der Waals surface area contributed by atoms with Crippen molar-refractivity contribution in [2.45, 2.75) is 38.3 Å². The predicted octanol–water partition coefficient (Wildman–Crippen LogP) is 4.61. The SMILES string of the molecule is C[C@@H](/C=C/CCO)[C@]1(O)C(=O)N(Cc2cccc(N3C(=O)CCc4ccccc43)c2)c2ccccc21. The van der Waals surface area contributed by atoms with Gasteiger partial charge in [0.1, 0.15) is 0 Å². The molecule has 2 heterocycles. The highest BCUT2D eigenvalue weighted by Crippen LogP contribution is 2.46. The molecule has 0 bridgehead atoms. The highest BCUT2D eigenvalue weighted by Gasteiger charge is 2.52. The number of para-hydroxylation sites is 2. The molecule has 2 aliphatic rings. The van der Waals surface area contributed by atoms with Crippen LogP contribution in [0, 0.1) is 5.92 Å². The van der Waals surface area contributed by atoms with Crippen LogP contribution in [0.15, 0.2) is 84.9 Å². The summed E-state index contributed by atoms with van der Waals surface area (Å²) in [5, 5.41) is 20.8. The Morgan fingerprint density at radius 2 is 1.72 bits per heavy atom. The van der Waals surface area contributed by atoms with Crippen LogP contribution in [0.5, 0.6) is 0 Å². The van der Waals surface area contributed by atoms with Gasteiger partial charge >= 0.3 is 0 Å². The lowest BCUT2D eigenvalue weighted by Gasteiger charge is -2.30. The molecule has 2 atom stereocenters. The Hall–Kier alpha value is -3.74. The summed E-state index contributed by atoms with van der Waals surface area (Å²) in [5.41, 5.74) is 3.22. The summed E-state index contributed by atoms with van der Waals surface area (Å²) in [4.78, 5) is 30.0. The van der Waals surface area contributed by atoms with Gasteiger partial charge in [-0.05, 0) is 48.2 Å². The quantitative estimate of drug-likeness (QED) is 0.482. The average molecular weight is 483 g/mol. The van der Waals surface area contributed by atoms with E-state index in [-0.39, 0.29) is 25.0 Å². The molecular formula is C30H30N2O4. The number of aliphatic hydroxyl groups excluding tert-OH is 1. The fourth-order valence-electron chi connectivity index (χ4n) is 5.26. The van der Waals surface area contributed by atoms with Gasteiger partial charge < -0.3 is 15.1 Å². The van der Waals surface area contributed by atoms with Crippen molar-refractivity contribution < 1.29 is 19.8 Å². The second-order valence-electron chi connectivity index (χ2n) is 9.43. The standard InChI is InChI=1S/C30H30N2O4/c1-21(9-6-7-18-33)30(36)25-13-3-5-15-27(25)31(29(30)35)20-22-10-8-12-24(19-22)32-26-14-4-2-11-23(26)16-17-28(32)34/h2-6,8-15,19,21,33,36H,7,16-18,20H2,1H3/b9-6+/t21-,30+/m0/s1. The lowest BCUT2D eigenvalue weighted by atomic mass is 9.83. The van der Waals surface area contributed by atoms with Crippen molar-refractivity contribution in [2.24, 2.45) is 5.92 Å². The number of amides is 2. The van der Waals surface area contributed by atoms with Gasteiger partial charge in [0.15, 0.2) is 5.60 Å². The van der Waals surface area contributed by atoms with Crippen LogP contribution in [0.3, 0.4) is 0 Å². The van der Waals surface area contributed by atoms with Gasteiger partial charge in [-0.1, -0.05) is 67.6 Å². The van der Waals surface area contributed by atoms with Crippen LogP contribution in [0.4, 0.5) is 17.1 Å². The third-order valence-corrected chi connectivity index (χ3v) is 7.16. The molecule has 0 spiro atoms. The minimum Gasteiger partial charge on any atom is -0.396 e. The molecule has 3 aromatic carbocycles. The van der Waals surface area contributed by atoms with Gasteiger partial charge in [0.05, 0.1) is 17.9 Å². The molecular weight excluding hydrogens is 452 g/mol. The summed E-state index contributed by atoms with van der Waals surface area (Å²) >= 11 is 0. The lowest BCUT2D eigenvalue weighted by molar-refractivity contribution is -0.139. The van der Waals surface area contributed by atoms with Crippen LogP contribution < -0.4 is 9.80 Å². The number of carbonyl (C=O) groups excluding carboxylic acids is 2. The smallest absolute Gasteiger partial charge is 0.264 e. The molecule has 36 heavy (non-hydrogen) atoms. The maximum absolute atomic E-state index is 13.7. The van der Waals surface area contributed by atoms with Crippen molar-refractivity contribution in [3.63, 3.8) is 0 Å². The number of aliphatic hydroxyl groups is 2. The monoisotopic (exact) mass is 482 g/mol. The van der Waals surface area contributed by atoms with Crippen LogP contribution >= 0.6 is 0 Å². The lowest BCUT2D eigenvalue weighted by Crippen LogP contribution is -2.44. The molecule has 5 rings (SSSR count). The third-order valence-electron chi connectivity index (χ3n) is 7.16. The zero-order chi connectivity index (χ0) is 25.3. The Balaban J connectivity index is 1.47. The number of nitrogens with zero attached hydrogens (tertiary/aromatic N) is 2. The normalized spacial score (nSPS) is 20.1. The fraction of sp³-hybridized carbons (Fsp3) is 0.267. The van der Waals surface area contributed by atoms with E-state index in [1.807, 2.05) is 67.6 Å². The van der Waals surface area contributed by atoms with Gasteiger partial charge in [0.25, 0.3) is 5.91 Å². The Morgan fingerprint density at radius 3 is 2.53 bits per heavy atom. The Labute approximate surface area is 211 Å². The van der Waals surface area contributed by atoms with Gasteiger partial charge in [-0.25, -0.2) is 0 Å². The van der Waals surface area contributed by atoms with Crippen LogP contribution in [0.2, 0.25) is 0 Å². The fourth-order valence-corrected chi connectivity index (χ4v) is 5.26. The molecule has 0 aliphatic carbocycles. The number of carbonyl (C=O) groups is 2. The molecule has 0 radical (unpaired) electrons.